The molecule has 0 aromatic heterocycles. The van der Waals surface area contributed by atoms with Crippen LogP contribution in [0.2, 0.25) is 5.02 Å². The number of hydrogen-bond acceptors (Lipinski definition) is 3. The van der Waals surface area contributed by atoms with E-state index in [0.717, 1.165) is 21.9 Å². The van der Waals surface area contributed by atoms with Crippen molar-refractivity contribution in [3.63, 3.8) is 0 Å². The molecule has 3 rings (SSSR count). The number of amidine groups is 1. The molecule has 0 saturated carbocycles. The number of halogens is 1. The highest BCUT2D eigenvalue weighted by atomic mass is 35.5. The van der Waals surface area contributed by atoms with Gasteiger partial charge in [0.15, 0.2) is 0 Å². The molecule has 0 bridgehead atoms. The van der Waals surface area contributed by atoms with E-state index in [-0.39, 0.29) is 12.3 Å². The zero-order valence-electron chi connectivity index (χ0n) is 13.5. The van der Waals surface area contributed by atoms with Crippen molar-refractivity contribution in [2.45, 2.75) is 12.8 Å². The maximum absolute atomic E-state index is 11.8. The summed E-state index contributed by atoms with van der Waals surface area (Å²) in [6.07, 6.45) is 0.526. The van der Waals surface area contributed by atoms with Gasteiger partial charge in [-0.15, -0.1) is 0 Å². The zero-order chi connectivity index (χ0) is 17.6. The minimum Gasteiger partial charge on any atom is -0.384 e. The Labute approximate surface area is 150 Å². The third-order valence-electron chi connectivity index (χ3n) is 3.78. The smallest absolute Gasteiger partial charge is 0.339 e. The summed E-state index contributed by atoms with van der Waals surface area (Å²) in [6, 6.07) is 21.0. The average Bonchev–Trinajstić information content (AvgIpc) is 2.62. The molecule has 0 heterocycles. The SMILES string of the molecule is N/C(Cc1cccc2ccccc12)=N\OC(=O)Cc1ccc(Cl)cc1. The standard InChI is InChI=1S/C20H17ClN2O2/c21-17-10-8-14(9-11-17)12-20(24)25-23-19(22)13-16-6-3-5-15-4-1-2-7-18(15)16/h1-11H,12-13H2,(H2,22,23). The Morgan fingerprint density at radius 3 is 2.48 bits per heavy atom. The fraction of sp³-hybridized carbons (Fsp3) is 0.100. The summed E-state index contributed by atoms with van der Waals surface area (Å²) in [7, 11) is 0. The molecule has 0 unspecified atom stereocenters. The van der Waals surface area contributed by atoms with Gasteiger partial charge in [0, 0.05) is 11.4 Å². The lowest BCUT2D eigenvalue weighted by atomic mass is 10.0. The molecule has 0 aliphatic heterocycles. The second-order valence-corrected chi connectivity index (χ2v) is 6.10. The monoisotopic (exact) mass is 352 g/mol. The number of oxime groups is 1. The molecule has 0 fully saturated rings. The number of nitrogens with zero attached hydrogens (tertiary/aromatic N) is 1. The Morgan fingerprint density at radius 1 is 0.960 bits per heavy atom. The van der Waals surface area contributed by atoms with E-state index in [1.165, 1.54) is 0 Å². The van der Waals surface area contributed by atoms with Crippen molar-refractivity contribution in [3.05, 3.63) is 82.9 Å². The zero-order valence-corrected chi connectivity index (χ0v) is 14.2. The van der Waals surface area contributed by atoms with Crippen LogP contribution in [0.15, 0.2) is 71.9 Å². The van der Waals surface area contributed by atoms with Crippen molar-refractivity contribution >= 4 is 34.2 Å². The molecule has 0 radical (unpaired) electrons. The largest absolute Gasteiger partial charge is 0.384 e. The van der Waals surface area contributed by atoms with Crippen LogP contribution >= 0.6 is 11.6 Å². The van der Waals surface area contributed by atoms with Crippen molar-refractivity contribution in [1.82, 2.24) is 0 Å². The summed E-state index contributed by atoms with van der Waals surface area (Å²) in [4.78, 5) is 16.8. The van der Waals surface area contributed by atoms with Crippen molar-refractivity contribution in [3.8, 4) is 0 Å². The molecule has 126 valence electrons. The minimum absolute atomic E-state index is 0.113. The first-order valence-electron chi connectivity index (χ1n) is 7.85. The second kappa shape index (κ2) is 7.81. The summed E-state index contributed by atoms with van der Waals surface area (Å²) in [6.45, 7) is 0. The molecule has 3 aromatic carbocycles. The number of carbonyl (C=O) groups excluding carboxylic acids is 1. The molecular weight excluding hydrogens is 336 g/mol. The van der Waals surface area contributed by atoms with Crippen LogP contribution < -0.4 is 5.73 Å². The molecule has 0 aliphatic rings. The quantitative estimate of drug-likeness (QED) is 0.325. The Bertz CT molecular complexity index is 915. The summed E-state index contributed by atoms with van der Waals surface area (Å²) >= 11 is 5.81. The number of carbonyl (C=O) groups is 1. The first-order valence-corrected chi connectivity index (χ1v) is 8.23. The topological polar surface area (TPSA) is 64.7 Å². The third-order valence-corrected chi connectivity index (χ3v) is 4.03. The van der Waals surface area contributed by atoms with Crippen LogP contribution in [-0.4, -0.2) is 11.8 Å². The van der Waals surface area contributed by atoms with E-state index in [4.69, 9.17) is 22.2 Å². The van der Waals surface area contributed by atoms with Crippen LogP contribution in [0.4, 0.5) is 0 Å². The van der Waals surface area contributed by atoms with E-state index in [2.05, 4.69) is 5.16 Å². The van der Waals surface area contributed by atoms with Crippen LogP contribution in [0, 0.1) is 0 Å². The third kappa shape index (κ3) is 4.58. The number of hydrogen-bond donors (Lipinski definition) is 1. The summed E-state index contributed by atoms with van der Waals surface area (Å²) in [5.74, 6) is -0.219. The van der Waals surface area contributed by atoms with Gasteiger partial charge in [-0.1, -0.05) is 71.4 Å². The molecule has 0 amide bonds. The van der Waals surface area contributed by atoms with E-state index in [9.17, 15) is 4.79 Å². The number of fused-ring (bicyclic) bond motifs is 1. The Kier molecular flexibility index (Phi) is 5.31. The maximum atomic E-state index is 11.8. The summed E-state index contributed by atoms with van der Waals surface area (Å²) in [5, 5.41) is 6.62. The van der Waals surface area contributed by atoms with Gasteiger partial charge in [-0.05, 0) is 34.0 Å². The molecule has 25 heavy (non-hydrogen) atoms. The van der Waals surface area contributed by atoms with E-state index in [1.807, 2.05) is 42.5 Å². The fourth-order valence-electron chi connectivity index (χ4n) is 2.58. The molecule has 2 N–H and O–H groups in total. The van der Waals surface area contributed by atoms with E-state index in [0.29, 0.717) is 11.4 Å². The van der Waals surface area contributed by atoms with Gasteiger partial charge in [-0.25, -0.2) is 4.79 Å². The first kappa shape index (κ1) is 17.0. The van der Waals surface area contributed by atoms with Crippen molar-refractivity contribution < 1.29 is 9.63 Å². The van der Waals surface area contributed by atoms with Gasteiger partial charge >= 0.3 is 5.97 Å². The lowest BCUT2D eigenvalue weighted by molar-refractivity contribution is -0.142. The molecule has 0 aliphatic carbocycles. The molecule has 3 aromatic rings. The van der Waals surface area contributed by atoms with E-state index >= 15 is 0 Å². The van der Waals surface area contributed by atoms with Gasteiger partial charge < -0.3 is 10.6 Å². The van der Waals surface area contributed by atoms with Gasteiger partial charge in [0.1, 0.15) is 5.84 Å². The van der Waals surface area contributed by atoms with Gasteiger partial charge in [0.05, 0.1) is 6.42 Å². The van der Waals surface area contributed by atoms with E-state index < -0.39 is 5.97 Å². The van der Waals surface area contributed by atoms with Gasteiger partial charge in [0.2, 0.25) is 0 Å². The van der Waals surface area contributed by atoms with Crippen LogP contribution in [0.1, 0.15) is 11.1 Å². The van der Waals surface area contributed by atoms with Crippen LogP contribution in [-0.2, 0) is 22.5 Å². The highest BCUT2D eigenvalue weighted by molar-refractivity contribution is 6.30. The van der Waals surface area contributed by atoms with Crippen molar-refractivity contribution in [2.24, 2.45) is 10.9 Å². The van der Waals surface area contributed by atoms with Gasteiger partial charge in [-0.3, -0.25) is 0 Å². The molecule has 0 atom stereocenters. The number of nitrogens with two attached hydrogens (primary N) is 1. The van der Waals surface area contributed by atoms with Crippen molar-refractivity contribution in [2.75, 3.05) is 0 Å². The molecule has 5 heteroatoms. The van der Waals surface area contributed by atoms with E-state index in [1.54, 1.807) is 24.3 Å². The Balaban J connectivity index is 1.63. The lowest BCUT2D eigenvalue weighted by Crippen LogP contribution is -2.17. The number of benzene rings is 3. The molecular formula is C20H17ClN2O2. The average molecular weight is 353 g/mol. The highest BCUT2D eigenvalue weighted by Gasteiger charge is 2.07. The van der Waals surface area contributed by atoms with Crippen LogP contribution in [0.5, 0.6) is 0 Å². The Morgan fingerprint density at radius 2 is 1.68 bits per heavy atom. The second-order valence-electron chi connectivity index (χ2n) is 5.66. The van der Waals surface area contributed by atoms with Crippen LogP contribution in [0.25, 0.3) is 10.8 Å². The predicted molar refractivity (Wildman–Crippen MR) is 101 cm³/mol. The van der Waals surface area contributed by atoms with Gasteiger partial charge in [-0.2, -0.15) is 0 Å². The van der Waals surface area contributed by atoms with Crippen molar-refractivity contribution in [1.29, 1.82) is 0 Å². The summed E-state index contributed by atoms with van der Waals surface area (Å²) < 4.78 is 0. The van der Waals surface area contributed by atoms with Crippen LogP contribution in [0.3, 0.4) is 0 Å². The lowest BCUT2D eigenvalue weighted by Gasteiger charge is -2.06. The molecule has 0 saturated heterocycles. The fourth-order valence-corrected chi connectivity index (χ4v) is 2.71. The first-order chi connectivity index (χ1) is 12.1. The predicted octanol–water partition coefficient (Wildman–Crippen LogP) is 4.09. The van der Waals surface area contributed by atoms with Gasteiger partial charge in [0.25, 0.3) is 0 Å². The number of rotatable bonds is 5. The normalized spacial score (nSPS) is 11.5. The Hall–Kier alpha value is -2.85. The highest BCUT2D eigenvalue weighted by Crippen LogP contribution is 2.18. The molecule has 0 spiro atoms. The minimum atomic E-state index is -0.469. The maximum Gasteiger partial charge on any atom is 0.339 e. The summed E-state index contributed by atoms with van der Waals surface area (Å²) in [5.41, 5.74) is 7.75. The molecule has 4 nitrogen and oxygen atoms in total.